The third-order valence-corrected chi connectivity index (χ3v) is 5.40. The molecular weight excluding hydrogens is 322 g/mol. The Kier molecular flexibility index (Phi) is 4.80. The Hall–Kier alpha value is -2.53. The average molecular weight is 347 g/mol. The number of hydrogen-bond acceptors (Lipinski definition) is 5. The molecule has 1 fully saturated rings. The number of benzene rings is 1. The smallest absolute Gasteiger partial charge is 0.137 e. The maximum atomic E-state index is 4.54. The van der Waals surface area contributed by atoms with Crippen LogP contribution in [0.1, 0.15) is 25.7 Å². The molecule has 1 aliphatic rings. The van der Waals surface area contributed by atoms with Crippen molar-refractivity contribution in [2.45, 2.75) is 37.8 Å². The minimum atomic E-state index is 0.478. The molecular formula is C21H25N5. The van der Waals surface area contributed by atoms with Gasteiger partial charge in [-0.1, -0.05) is 12.1 Å². The Labute approximate surface area is 154 Å². The van der Waals surface area contributed by atoms with Gasteiger partial charge in [0.2, 0.25) is 0 Å². The number of hydrogen-bond donors (Lipinski definition) is 1. The standard InChI is InChI=1S/C21H25N5/c1-26(2)18-8-6-17(7-9-18)25-21-19-12-15(16-4-3-11-22-13-16)5-10-20(19)23-14-24-21/h3-5,10-14,17-18H,6-9H2,1-2H3,(H,23,24,25). The maximum Gasteiger partial charge on any atom is 0.137 e. The Morgan fingerprint density at radius 1 is 1.00 bits per heavy atom. The highest BCUT2D eigenvalue weighted by molar-refractivity contribution is 5.92. The van der Waals surface area contributed by atoms with Crippen molar-refractivity contribution in [3.63, 3.8) is 0 Å². The van der Waals surface area contributed by atoms with Crippen LogP contribution >= 0.6 is 0 Å². The molecule has 0 unspecified atom stereocenters. The maximum absolute atomic E-state index is 4.54. The van der Waals surface area contributed by atoms with Crippen molar-refractivity contribution in [3.05, 3.63) is 49.1 Å². The van der Waals surface area contributed by atoms with Crippen molar-refractivity contribution in [2.24, 2.45) is 0 Å². The van der Waals surface area contributed by atoms with E-state index in [4.69, 9.17) is 0 Å². The Bertz CT molecular complexity index is 870. The van der Waals surface area contributed by atoms with E-state index in [0.717, 1.165) is 27.8 Å². The molecule has 0 atom stereocenters. The van der Waals surface area contributed by atoms with Gasteiger partial charge in [0.05, 0.1) is 5.52 Å². The third-order valence-electron chi connectivity index (χ3n) is 5.40. The number of aromatic nitrogens is 3. The number of anilines is 1. The van der Waals surface area contributed by atoms with Crippen LogP contribution in [-0.2, 0) is 0 Å². The Morgan fingerprint density at radius 2 is 1.85 bits per heavy atom. The lowest BCUT2D eigenvalue weighted by Gasteiger charge is -2.33. The molecule has 1 aliphatic carbocycles. The van der Waals surface area contributed by atoms with E-state index in [9.17, 15) is 0 Å². The predicted molar refractivity (Wildman–Crippen MR) is 106 cm³/mol. The molecule has 5 heteroatoms. The molecule has 1 N–H and O–H groups in total. The SMILES string of the molecule is CN(C)C1CCC(Nc2ncnc3ccc(-c4cccnc4)cc23)CC1. The average Bonchev–Trinajstić information content (AvgIpc) is 2.69. The Morgan fingerprint density at radius 3 is 2.58 bits per heavy atom. The number of nitrogens with one attached hydrogen (secondary N) is 1. The summed E-state index contributed by atoms with van der Waals surface area (Å²) in [6, 6.07) is 11.5. The summed E-state index contributed by atoms with van der Waals surface area (Å²) in [5.41, 5.74) is 3.22. The van der Waals surface area contributed by atoms with Crippen LogP contribution in [0.3, 0.4) is 0 Å². The fraction of sp³-hybridized carbons (Fsp3) is 0.381. The van der Waals surface area contributed by atoms with Gasteiger partial charge in [-0.3, -0.25) is 4.98 Å². The molecule has 2 aromatic heterocycles. The van der Waals surface area contributed by atoms with E-state index in [-0.39, 0.29) is 0 Å². The van der Waals surface area contributed by atoms with Gasteiger partial charge >= 0.3 is 0 Å². The molecule has 1 saturated carbocycles. The lowest BCUT2D eigenvalue weighted by molar-refractivity contribution is 0.221. The normalized spacial score (nSPS) is 20.4. The van der Waals surface area contributed by atoms with Crippen LogP contribution in [0.15, 0.2) is 49.1 Å². The first kappa shape index (κ1) is 16.9. The molecule has 0 amide bonds. The molecule has 0 radical (unpaired) electrons. The highest BCUT2D eigenvalue weighted by Gasteiger charge is 2.23. The molecule has 4 rings (SSSR count). The molecule has 5 nitrogen and oxygen atoms in total. The monoisotopic (exact) mass is 347 g/mol. The summed E-state index contributed by atoms with van der Waals surface area (Å²) in [4.78, 5) is 15.5. The fourth-order valence-corrected chi connectivity index (χ4v) is 3.81. The minimum absolute atomic E-state index is 0.478. The number of nitrogens with zero attached hydrogens (tertiary/aromatic N) is 4. The van der Waals surface area contributed by atoms with E-state index < -0.39 is 0 Å². The number of fused-ring (bicyclic) bond motifs is 1. The first-order valence-electron chi connectivity index (χ1n) is 9.29. The van der Waals surface area contributed by atoms with Crippen LogP contribution in [-0.4, -0.2) is 46.0 Å². The van der Waals surface area contributed by atoms with Crippen LogP contribution in [0.4, 0.5) is 5.82 Å². The van der Waals surface area contributed by atoms with Gasteiger partial charge in [-0.25, -0.2) is 9.97 Å². The molecule has 0 aliphatic heterocycles. The van der Waals surface area contributed by atoms with Crippen molar-refractivity contribution < 1.29 is 0 Å². The van der Waals surface area contributed by atoms with Crippen molar-refractivity contribution in [3.8, 4) is 11.1 Å². The van der Waals surface area contributed by atoms with Crippen LogP contribution in [0.5, 0.6) is 0 Å². The lowest BCUT2D eigenvalue weighted by Crippen LogP contribution is -2.36. The second-order valence-electron chi connectivity index (χ2n) is 7.31. The van der Waals surface area contributed by atoms with E-state index in [1.807, 2.05) is 12.3 Å². The number of pyridine rings is 1. The van der Waals surface area contributed by atoms with Gasteiger partial charge in [-0.15, -0.1) is 0 Å². The quantitative estimate of drug-likeness (QED) is 0.774. The molecule has 0 bridgehead atoms. The van der Waals surface area contributed by atoms with Crippen molar-refractivity contribution in [1.82, 2.24) is 19.9 Å². The first-order valence-corrected chi connectivity index (χ1v) is 9.29. The molecule has 3 aromatic rings. The van der Waals surface area contributed by atoms with Crippen LogP contribution in [0.25, 0.3) is 22.0 Å². The van der Waals surface area contributed by atoms with E-state index in [1.54, 1.807) is 12.5 Å². The highest BCUT2D eigenvalue weighted by atomic mass is 15.1. The molecule has 134 valence electrons. The third kappa shape index (κ3) is 3.53. The van der Waals surface area contributed by atoms with Crippen molar-refractivity contribution in [2.75, 3.05) is 19.4 Å². The van der Waals surface area contributed by atoms with E-state index >= 15 is 0 Å². The van der Waals surface area contributed by atoms with Crippen molar-refractivity contribution >= 4 is 16.7 Å². The second kappa shape index (κ2) is 7.38. The fourth-order valence-electron chi connectivity index (χ4n) is 3.81. The van der Waals surface area contributed by atoms with Gasteiger partial charge in [0, 0.05) is 35.4 Å². The van der Waals surface area contributed by atoms with Crippen LogP contribution < -0.4 is 5.32 Å². The predicted octanol–water partition coefficient (Wildman–Crippen LogP) is 3.98. The molecule has 0 spiro atoms. The highest BCUT2D eigenvalue weighted by Crippen LogP contribution is 2.29. The Balaban J connectivity index is 1.59. The summed E-state index contributed by atoms with van der Waals surface area (Å²) >= 11 is 0. The summed E-state index contributed by atoms with van der Waals surface area (Å²) in [6.07, 6.45) is 10.2. The summed E-state index contributed by atoms with van der Waals surface area (Å²) in [5.74, 6) is 0.939. The zero-order valence-corrected chi connectivity index (χ0v) is 15.4. The van der Waals surface area contributed by atoms with Gasteiger partial charge in [-0.2, -0.15) is 0 Å². The molecule has 1 aromatic carbocycles. The zero-order chi connectivity index (χ0) is 17.9. The van der Waals surface area contributed by atoms with E-state index in [1.165, 1.54) is 25.7 Å². The summed E-state index contributed by atoms with van der Waals surface area (Å²) in [6.45, 7) is 0. The second-order valence-corrected chi connectivity index (χ2v) is 7.31. The largest absolute Gasteiger partial charge is 0.367 e. The van der Waals surface area contributed by atoms with Crippen molar-refractivity contribution in [1.29, 1.82) is 0 Å². The summed E-state index contributed by atoms with van der Waals surface area (Å²) in [5, 5.41) is 4.75. The molecule has 26 heavy (non-hydrogen) atoms. The van der Waals surface area contributed by atoms with E-state index in [0.29, 0.717) is 12.1 Å². The van der Waals surface area contributed by atoms with Gasteiger partial charge in [0.15, 0.2) is 0 Å². The lowest BCUT2D eigenvalue weighted by atomic mass is 9.90. The summed E-state index contributed by atoms with van der Waals surface area (Å²) < 4.78 is 0. The van der Waals surface area contributed by atoms with E-state index in [2.05, 4.69) is 63.5 Å². The number of rotatable bonds is 4. The zero-order valence-electron chi connectivity index (χ0n) is 15.4. The van der Waals surface area contributed by atoms with Gasteiger partial charge < -0.3 is 10.2 Å². The summed E-state index contributed by atoms with van der Waals surface area (Å²) in [7, 11) is 4.35. The van der Waals surface area contributed by atoms with Gasteiger partial charge in [0.25, 0.3) is 0 Å². The molecule has 0 saturated heterocycles. The van der Waals surface area contributed by atoms with Gasteiger partial charge in [-0.05, 0) is 63.5 Å². The van der Waals surface area contributed by atoms with Crippen LogP contribution in [0.2, 0.25) is 0 Å². The first-order chi connectivity index (χ1) is 12.7. The van der Waals surface area contributed by atoms with Gasteiger partial charge in [0.1, 0.15) is 12.1 Å². The molecule has 2 heterocycles. The topological polar surface area (TPSA) is 53.9 Å². The minimum Gasteiger partial charge on any atom is -0.367 e. The van der Waals surface area contributed by atoms with Crippen LogP contribution in [0, 0.1) is 0 Å².